The molecule has 4 aliphatic rings. The highest BCUT2D eigenvalue weighted by Crippen LogP contribution is 2.68. The molecule has 4 fully saturated rings. The molecule has 12 rings (SSSR count). The minimum Gasteiger partial charge on any atom is -0.387 e. The topological polar surface area (TPSA) is 717 Å². The largest absolute Gasteiger partial charge is 0.490 e. The van der Waals surface area contributed by atoms with E-state index in [2.05, 4.69) is 63.4 Å². The third-order valence-electron chi connectivity index (χ3n) is 15.6. The Labute approximate surface area is 546 Å². The molecule has 8 aromatic heterocycles. The van der Waals surface area contributed by atoms with Crippen LogP contribution in [0.2, 0.25) is 0 Å². The Hall–Kier alpha value is -7.00. The molecule has 0 saturated carbocycles. The first kappa shape index (κ1) is 71.8. The number of methoxy groups -OCH3 is 1. The number of ether oxygens (including phenoxy) is 5. The van der Waals surface area contributed by atoms with Gasteiger partial charge in [0.25, 0.3) is 22.6 Å². The number of hydrogen-bond donors (Lipinski definition) is 16. The molecule has 0 amide bonds. The number of halogens is 1. The molecule has 0 aromatic carbocycles. The predicted octanol–water partition coefficient (Wildman–Crippen LogP) is -4.87. The van der Waals surface area contributed by atoms with Crippen LogP contribution >= 0.6 is 39.1 Å². The van der Waals surface area contributed by atoms with Crippen molar-refractivity contribution in [2.24, 2.45) is 7.05 Å². The molecule has 4 saturated heterocycles. The first-order valence-corrected chi connectivity index (χ1v) is 35.5. The van der Waals surface area contributed by atoms with E-state index in [9.17, 15) is 82.1 Å². The molecule has 0 aliphatic carbocycles. The van der Waals surface area contributed by atoms with E-state index >= 15 is 4.39 Å². The number of nitrogens with zero attached hydrogens (tertiary/aromatic N) is 13. The number of alkyl halides is 1. The first-order valence-electron chi connectivity index (χ1n) is 28.1. The Morgan fingerprint density at radius 2 is 1.03 bits per heavy atom. The quantitative estimate of drug-likeness (QED) is 0.0188. The van der Waals surface area contributed by atoms with Crippen LogP contribution in [0, 0.1) is 0 Å². The van der Waals surface area contributed by atoms with Gasteiger partial charge in [0.15, 0.2) is 64.5 Å². The number of aryl methyl sites for hydroxylation is 1. The molecule has 56 heteroatoms. The van der Waals surface area contributed by atoms with Gasteiger partial charge in [-0.25, -0.2) is 56.7 Å². The lowest BCUT2D eigenvalue weighted by Crippen LogP contribution is -2.51. The molecular formula is C43H57FN20O30P5+. The molecule has 12 heterocycles. The van der Waals surface area contributed by atoms with Crippen molar-refractivity contribution in [2.45, 2.75) is 105 Å². The fourth-order valence-corrected chi connectivity index (χ4v) is 16.7. The Morgan fingerprint density at radius 1 is 0.566 bits per heavy atom. The maximum absolute atomic E-state index is 16.2. The third-order valence-corrected chi connectivity index (χ3v) is 21.8. The number of nitrogen functional groups attached to an aromatic ring is 4. The number of H-pyrrole nitrogens is 3. The van der Waals surface area contributed by atoms with Crippen LogP contribution in [-0.4, -0.2) is 224 Å². The van der Waals surface area contributed by atoms with Gasteiger partial charge in [0.05, 0.1) is 52.5 Å². The number of imidazole rings is 4. The Morgan fingerprint density at radius 3 is 1.61 bits per heavy atom. The number of phosphoric acid groups is 5. The van der Waals surface area contributed by atoms with Crippen LogP contribution in [0.3, 0.4) is 0 Å². The Kier molecular flexibility index (Phi) is 19.2. The van der Waals surface area contributed by atoms with E-state index in [1.54, 1.807) is 0 Å². The van der Waals surface area contributed by atoms with Gasteiger partial charge in [-0.3, -0.25) is 74.7 Å². The Balaban J connectivity index is 0.742. The molecular weight excluding hydrogens is 1450 g/mol. The smallest absolute Gasteiger partial charge is 0.387 e. The highest BCUT2D eigenvalue weighted by molar-refractivity contribution is 7.66. The van der Waals surface area contributed by atoms with Crippen LogP contribution in [0.15, 0.2) is 46.0 Å². The number of aromatic amines is 3. The zero-order valence-corrected chi connectivity index (χ0v) is 54.7. The number of aromatic nitrogens is 16. The fraction of sp³-hybridized carbons (Fsp3) is 0.535. The molecule has 50 nitrogen and oxygen atoms in total. The summed E-state index contributed by atoms with van der Waals surface area (Å²) in [6.07, 6.45) is -23.5. The van der Waals surface area contributed by atoms with Crippen molar-refractivity contribution >= 4 is 107 Å². The number of hydrogen-bond acceptors (Lipinski definition) is 37. The van der Waals surface area contributed by atoms with Crippen molar-refractivity contribution in [3.8, 4) is 0 Å². The van der Waals surface area contributed by atoms with Gasteiger partial charge in [-0.05, 0) is 6.92 Å². The van der Waals surface area contributed by atoms with E-state index in [1.807, 2.05) is 0 Å². The van der Waals surface area contributed by atoms with Crippen molar-refractivity contribution in [1.82, 2.24) is 73.1 Å². The van der Waals surface area contributed by atoms with Crippen LogP contribution in [-0.2, 0) is 89.3 Å². The van der Waals surface area contributed by atoms with Crippen LogP contribution in [0.4, 0.5) is 28.1 Å². The second-order valence-electron chi connectivity index (χ2n) is 22.2. The van der Waals surface area contributed by atoms with Crippen LogP contribution in [0.5, 0.6) is 0 Å². The summed E-state index contributed by atoms with van der Waals surface area (Å²) in [6, 6.07) is 0. The number of aliphatic hydroxyl groups is 4. The second kappa shape index (κ2) is 26.4. The minimum atomic E-state index is -6.36. The van der Waals surface area contributed by atoms with E-state index in [-0.39, 0.29) is 62.4 Å². The zero-order chi connectivity index (χ0) is 71.5. The summed E-state index contributed by atoms with van der Waals surface area (Å²) < 4.78 is 158. The molecule has 540 valence electrons. The number of rotatable bonds is 25. The number of nitrogens with one attached hydrogen (secondary N) is 3. The van der Waals surface area contributed by atoms with Gasteiger partial charge in [-0.15, -0.1) is 0 Å². The number of aliphatic hydroxyl groups excluding tert-OH is 4. The molecule has 21 unspecified atom stereocenters. The molecule has 20 N–H and O–H groups in total. The van der Waals surface area contributed by atoms with E-state index in [4.69, 9.17) is 73.8 Å². The maximum atomic E-state index is 16.2. The molecule has 0 radical (unpaired) electrons. The summed E-state index contributed by atoms with van der Waals surface area (Å²) in [5.41, 5.74) is 16.3. The summed E-state index contributed by atoms with van der Waals surface area (Å²) >= 11 is 0. The van der Waals surface area contributed by atoms with Crippen LogP contribution in [0.1, 0.15) is 31.8 Å². The first-order chi connectivity index (χ1) is 46.4. The number of phosphoric ester groups is 4. The maximum Gasteiger partial charge on any atom is 0.490 e. The van der Waals surface area contributed by atoms with Gasteiger partial charge >= 0.3 is 44.8 Å². The summed E-state index contributed by atoms with van der Waals surface area (Å²) in [7, 11) is -27.6. The second-order valence-corrected chi connectivity index (χ2v) is 29.7. The van der Waals surface area contributed by atoms with Crippen molar-refractivity contribution in [3.63, 3.8) is 0 Å². The van der Waals surface area contributed by atoms with Gasteiger partial charge in [-0.2, -0.15) is 18.6 Å². The average molecular weight is 1510 g/mol. The molecule has 0 bridgehead atoms. The molecule has 0 spiro atoms. The van der Waals surface area contributed by atoms with Crippen molar-refractivity contribution in [3.05, 3.63) is 62.7 Å². The van der Waals surface area contributed by atoms with Gasteiger partial charge in [0.1, 0.15) is 79.0 Å². The summed E-state index contributed by atoms with van der Waals surface area (Å²) in [4.78, 5) is 131. The standard InChI is InChI=1S/C43H56FN20O30P5/c1-43(44)27(68)16(90-39(43)64-12-60(2)20-32(64)56-42(48)59-35(20)71)7-86-98(78,79)94-99(80,81)93-97(76,77)85-6-15-25(26(82-3)38(89-15)61-9-51-17-28(45)49-8-50-29(17)61)92-96(74,75)84-5-14-24(23(67)37(88-14)63-11-53-19-31(63)55-41(47)58-34(19)70)91-95(72,73)83-4-13-21(65)22(66)36(87-13)62-10-52-18-30(62)54-40(46)57-33(18)69/h8-16,21-27,36-39,65-68H,4-7H2,1-3H3,(H15-,45,46,47,48,49,50,54,55,56,57,58,59,69,70,71,72,73,74,75,76,77,78,79,80,81)/p+1. The summed E-state index contributed by atoms with van der Waals surface area (Å²) in [6.45, 7) is -4.24. The van der Waals surface area contributed by atoms with Crippen molar-refractivity contribution in [2.75, 3.05) is 56.5 Å². The SMILES string of the molecule is COC1C(OP(=O)(O)OCC2OC(n3cnc4c(=O)[nH]c(N)nc43)C(O)C2OP(=O)(O)OCC2OC(n3cnc4c(=O)[nH]c(N)nc43)C(O)C2O)C(COP(=O)(O)OP(=O)(O)OP(=O)(O)OCC2OC([n+]3cn(C)c4c(=O)[nH]c(N)nc43)C(C)(F)C2O)OC1n1cnc2c(N)ncnc21. The monoisotopic (exact) mass is 1510 g/mol. The average Bonchev–Trinajstić information content (AvgIpc) is 1.60. The zero-order valence-electron chi connectivity index (χ0n) is 50.2. The van der Waals surface area contributed by atoms with Crippen molar-refractivity contribution in [1.29, 1.82) is 0 Å². The minimum absolute atomic E-state index is 0.0396. The van der Waals surface area contributed by atoms with Gasteiger partial charge in [0.2, 0.25) is 23.6 Å². The van der Waals surface area contributed by atoms with Gasteiger partial charge in [-0.1, -0.05) is 4.98 Å². The number of anilines is 4. The van der Waals surface area contributed by atoms with Crippen molar-refractivity contribution < 1.29 is 136 Å². The lowest BCUT2D eigenvalue weighted by atomic mass is 9.98. The highest BCUT2D eigenvalue weighted by Gasteiger charge is 2.59. The third kappa shape index (κ3) is 14.1. The lowest BCUT2D eigenvalue weighted by Gasteiger charge is -2.27. The molecule has 99 heavy (non-hydrogen) atoms. The molecule has 8 aromatic rings. The van der Waals surface area contributed by atoms with E-state index in [0.29, 0.717) is 0 Å². The Bertz CT molecular complexity index is 4880. The highest BCUT2D eigenvalue weighted by atomic mass is 31.3. The van der Waals surface area contributed by atoms with Gasteiger partial charge < -0.3 is 91.5 Å². The molecule has 21 atom stereocenters. The van der Waals surface area contributed by atoms with E-state index < -0.39 is 186 Å². The number of nitrogens with two attached hydrogens (primary N) is 4. The normalized spacial score (nSPS) is 31.3. The predicted molar refractivity (Wildman–Crippen MR) is 316 cm³/mol. The number of fused-ring (bicyclic) bond motifs is 4. The summed E-state index contributed by atoms with van der Waals surface area (Å²) in [5.74, 6) is -1.37. The summed E-state index contributed by atoms with van der Waals surface area (Å²) in [5, 5.41) is 44.7. The van der Waals surface area contributed by atoms with Crippen LogP contribution < -0.4 is 44.2 Å². The van der Waals surface area contributed by atoms with Crippen LogP contribution in [0.25, 0.3) is 44.7 Å². The molecule has 4 aliphatic heterocycles. The van der Waals surface area contributed by atoms with E-state index in [1.165, 1.54) is 11.6 Å². The van der Waals surface area contributed by atoms with Gasteiger partial charge in [0, 0.05) is 7.11 Å². The fourth-order valence-electron chi connectivity index (χ4n) is 11.2. The lowest BCUT2D eigenvalue weighted by molar-refractivity contribution is -0.750. The van der Waals surface area contributed by atoms with E-state index in [0.717, 1.165) is 63.9 Å².